The predicted molar refractivity (Wildman–Crippen MR) is 211 cm³/mol. The molecule has 2 aromatic carbocycles. The van der Waals surface area contributed by atoms with Crippen LogP contribution in [0.25, 0.3) is 22.2 Å². The standard InChI is InChI=1S/C44H54N4O8/c1-43(2,3)56-38(49)20-28-11-9-7-6-8-10-12-31-22-44(31,42(52)53)46-40(50)39-35-26-47(24-30(35)25-48(39)41(28)51)23-29-19-36(27-13-15-32(54-4)16-14-27)45-37-21-33(55-5)17-18-34(29)37/h10,12-19,21,28,30-31,35,39H,6-9,11,20,22-26H2,1-5H3,(H,46,50)(H,52,53)/b12-10-/t28-,30-,31+,35-,39-,44+/m0/s1. The van der Waals surface area contributed by atoms with E-state index in [2.05, 4.69) is 16.3 Å². The number of likely N-dealkylation sites (tertiary alicyclic amines) is 1. The average Bonchev–Trinajstić information content (AvgIpc) is 3.54. The van der Waals surface area contributed by atoms with Gasteiger partial charge < -0.3 is 29.5 Å². The monoisotopic (exact) mass is 766 g/mol. The largest absolute Gasteiger partial charge is 0.497 e. The minimum atomic E-state index is -1.40. The third-order valence-corrected chi connectivity index (χ3v) is 11.9. The smallest absolute Gasteiger partial charge is 0.330 e. The second-order valence-corrected chi connectivity index (χ2v) is 17.0. The fraction of sp³-hybridized carbons (Fsp3) is 0.523. The van der Waals surface area contributed by atoms with Crippen molar-refractivity contribution in [1.29, 1.82) is 0 Å². The normalized spacial score (nSPS) is 27.6. The Morgan fingerprint density at radius 1 is 0.964 bits per heavy atom. The maximum absolute atomic E-state index is 14.6. The fourth-order valence-electron chi connectivity index (χ4n) is 9.00. The van der Waals surface area contributed by atoms with E-state index in [1.54, 1.807) is 39.9 Å². The number of benzene rings is 2. The number of nitrogens with one attached hydrogen (secondary N) is 1. The summed E-state index contributed by atoms with van der Waals surface area (Å²) < 4.78 is 16.6. The highest BCUT2D eigenvalue weighted by atomic mass is 16.6. The Hall–Kier alpha value is -4.97. The minimum absolute atomic E-state index is 0.0271. The first-order valence-electron chi connectivity index (χ1n) is 19.9. The lowest BCUT2D eigenvalue weighted by atomic mass is 9.92. The topological polar surface area (TPSA) is 148 Å². The van der Waals surface area contributed by atoms with E-state index in [4.69, 9.17) is 19.2 Å². The molecule has 1 saturated carbocycles. The lowest BCUT2D eigenvalue weighted by Crippen LogP contribution is -2.56. The Kier molecular flexibility index (Phi) is 11.1. The number of nitrogens with zero attached hydrogens (tertiary/aromatic N) is 3. The molecule has 0 radical (unpaired) electrons. The summed E-state index contributed by atoms with van der Waals surface area (Å²) in [4.78, 5) is 63.9. The Morgan fingerprint density at radius 3 is 2.43 bits per heavy atom. The number of aromatic nitrogens is 1. The van der Waals surface area contributed by atoms with Crippen molar-refractivity contribution in [2.75, 3.05) is 33.9 Å². The third-order valence-electron chi connectivity index (χ3n) is 11.9. The second kappa shape index (κ2) is 15.9. The van der Waals surface area contributed by atoms with Crippen molar-refractivity contribution < 1.29 is 38.5 Å². The van der Waals surface area contributed by atoms with Crippen LogP contribution in [0.3, 0.4) is 0 Å². The first-order chi connectivity index (χ1) is 26.8. The van der Waals surface area contributed by atoms with Crippen LogP contribution in [0.2, 0.25) is 0 Å². The number of hydrogen-bond acceptors (Lipinski definition) is 9. The molecule has 3 fully saturated rings. The summed E-state index contributed by atoms with van der Waals surface area (Å²) in [7, 11) is 3.27. The van der Waals surface area contributed by atoms with Gasteiger partial charge in [-0.25, -0.2) is 9.78 Å². The van der Waals surface area contributed by atoms with Crippen LogP contribution in [0.4, 0.5) is 0 Å². The number of carbonyl (C=O) groups is 4. The van der Waals surface area contributed by atoms with Gasteiger partial charge in [-0.05, 0) is 100 Å². The zero-order chi connectivity index (χ0) is 39.8. The molecule has 12 heteroatoms. The Morgan fingerprint density at radius 2 is 1.71 bits per heavy atom. The van der Waals surface area contributed by atoms with Crippen molar-refractivity contribution in [3.63, 3.8) is 0 Å². The van der Waals surface area contributed by atoms with Gasteiger partial charge in [-0.2, -0.15) is 0 Å². The summed E-state index contributed by atoms with van der Waals surface area (Å²) >= 11 is 0. The van der Waals surface area contributed by atoms with Crippen LogP contribution in [-0.4, -0.2) is 94.7 Å². The first-order valence-corrected chi connectivity index (χ1v) is 19.9. The molecule has 1 aliphatic carbocycles. The molecule has 0 bridgehead atoms. The average molecular weight is 767 g/mol. The number of carbonyl (C=O) groups excluding carboxylic acids is 3. The number of carboxylic acid groups (broad SMARTS) is 1. The van der Waals surface area contributed by atoms with Gasteiger partial charge in [0.1, 0.15) is 28.7 Å². The molecule has 7 rings (SSSR count). The van der Waals surface area contributed by atoms with E-state index in [9.17, 15) is 24.3 Å². The lowest BCUT2D eigenvalue weighted by molar-refractivity contribution is -0.159. The quantitative estimate of drug-likeness (QED) is 0.207. The number of fused-ring (bicyclic) bond motifs is 5. The summed E-state index contributed by atoms with van der Waals surface area (Å²) in [5, 5.41) is 14.3. The molecule has 3 aromatic rings. The summed E-state index contributed by atoms with van der Waals surface area (Å²) in [6.07, 6.45) is 7.97. The van der Waals surface area contributed by atoms with Gasteiger partial charge in [0.2, 0.25) is 11.8 Å². The van der Waals surface area contributed by atoms with Crippen molar-refractivity contribution in [3.8, 4) is 22.8 Å². The van der Waals surface area contributed by atoms with Gasteiger partial charge in [0.05, 0.1) is 31.9 Å². The van der Waals surface area contributed by atoms with Gasteiger partial charge >= 0.3 is 11.9 Å². The molecular formula is C44H54N4O8. The number of allylic oxidation sites excluding steroid dienone is 1. The van der Waals surface area contributed by atoms with E-state index < -0.39 is 40.9 Å². The van der Waals surface area contributed by atoms with Crippen LogP contribution < -0.4 is 14.8 Å². The van der Waals surface area contributed by atoms with Gasteiger partial charge in [-0.3, -0.25) is 19.3 Å². The van der Waals surface area contributed by atoms with Crippen LogP contribution in [0.5, 0.6) is 11.5 Å². The molecular weight excluding hydrogens is 713 g/mol. The van der Waals surface area contributed by atoms with E-state index in [0.29, 0.717) is 44.8 Å². The SMILES string of the molecule is COc1ccc(-c2cc(CN3C[C@H]4CN5C(=O)[C@H](CC(=O)OC(C)(C)C)CCCCC/C=C\[C@@H]6C[C@@]6(C(=O)O)NC(=O)[C@@H]5[C@H]4C3)c3ccc(OC)cc3n2)cc1. The fourth-order valence-corrected chi connectivity index (χ4v) is 9.00. The molecule has 3 aliphatic heterocycles. The molecule has 0 unspecified atom stereocenters. The summed E-state index contributed by atoms with van der Waals surface area (Å²) in [5.74, 6) is -1.94. The van der Waals surface area contributed by atoms with E-state index in [1.807, 2.05) is 54.6 Å². The van der Waals surface area contributed by atoms with E-state index in [0.717, 1.165) is 59.2 Å². The Labute approximate surface area is 328 Å². The highest BCUT2D eigenvalue weighted by molar-refractivity contribution is 5.96. The highest BCUT2D eigenvalue weighted by Gasteiger charge is 2.62. The summed E-state index contributed by atoms with van der Waals surface area (Å²) in [5.41, 5.74) is 1.52. The Bertz CT molecular complexity index is 2010. The van der Waals surface area contributed by atoms with Crippen LogP contribution in [0, 0.1) is 23.7 Å². The minimum Gasteiger partial charge on any atom is -0.497 e. The summed E-state index contributed by atoms with van der Waals surface area (Å²) in [6.45, 7) is 7.51. The zero-order valence-electron chi connectivity index (χ0n) is 33.1. The van der Waals surface area contributed by atoms with Crippen molar-refractivity contribution in [3.05, 3.63) is 66.2 Å². The van der Waals surface area contributed by atoms with Crippen molar-refractivity contribution >= 4 is 34.7 Å². The molecule has 2 saturated heterocycles. The van der Waals surface area contributed by atoms with Gasteiger partial charge in [-0.1, -0.05) is 25.0 Å². The number of amides is 2. The van der Waals surface area contributed by atoms with Gasteiger partial charge in [-0.15, -0.1) is 0 Å². The molecule has 1 aromatic heterocycles. The van der Waals surface area contributed by atoms with Gasteiger partial charge in [0.25, 0.3) is 0 Å². The van der Waals surface area contributed by atoms with Crippen LogP contribution in [-0.2, 0) is 30.5 Å². The van der Waals surface area contributed by atoms with E-state index >= 15 is 0 Å². The molecule has 4 aliphatic rings. The number of pyridine rings is 1. The van der Waals surface area contributed by atoms with Gasteiger partial charge in [0, 0.05) is 60.9 Å². The summed E-state index contributed by atoms with van der Waals surface area (Å²) in [6, 6.07) is 14.9. The molecule has 2 N–H and O–H groups in total. The number of carboxylic acids is 1. The molecule has 0 spiro atoms. The first kappa shape index (κ1) is 39.3. The molecule has 56 heavy (non-hydrogen) atoms. The number of aliphatic carboxylic acids is 1. The van der Waals surface area contributed by atoms with Crippen molar-refractivity contribution in [1.82, 2.24) is 20.1 Å². The molecule has 298 valence electrons. The highest BCUT2D eigenvalue weighted by Crippen LogP contribution is 2.46. The molecule has 12 nitrogen and oxygen atoms in total. The zero-order valence-corrected chi connectivity index (χ0v) is 33.1. The number of rotatable bonds is 8. The van der Waals surface area contributed by atoms with E-state index in [-0.39, 0.29) is 30.1 Å². The molecule has 6 atom stereocenters. The van der Waals surface area contributed by atoms with Crippen LogP contribution in [0.15, 0.2) is 60.7 Å². The van der Waals surface area contributed by atoms with Crippen LogP contribution in [0.1, 0.15) is 71.3 Å². The predicted octanol–water partition coefficient (Wildman–Crippen LogP) is 6.01. The number of esters is 1. The second-order valence-electron chi connectivity index (χ2n) is 17.0. The number of methoxy groups -OCH3 is 2. The third kappa shape index (κ3) is 8.26. The van der Waals surface area contributed by atoms with Crippen LogP contribution >= 0.6 is 0 Å². The van der Waals surface area contributed by atoms with Crippen molar-refractivity contribution in [2.45, 2.75) is 89.4 Å². The maximum Gasteiger partial charge on any atom is 0.330 e. The molecule has 4 heterocycles. The number of ether oxygens (including phenoxy) is 3. The van der Waals surface area contributed by atoms with Crippen molar-refractivity contribution in [2.24, 2.45) is 23.7 Å². The lowest BCUT2D eigenvalue weighted by Gasteiger charge is -2.32. The number of hydrogen-bond donors (Lipinski definition) is 2. The van der Waals surface area contributed by atoms with Gasteiger partial charge in [0.15, 0.2) is 0 Å². The maximum atomic E-state index is 14.6. The van der Waals surface area contributed by atoms with E-state index in [1.165, 1.54) is 0 Å². The Balaban J connectivity index is 1.19. The molecule has 2 amide bonds.